The van der Waals surface area contributed by atoms with Crippen LogP contribution in [0.5, 0.6) is 0 Å². The van der Waals surface area contributed by atoms with Crippen LogP contribution in [-0.4, -0.2) is 50.2 Å². The summed E-state index contributed by atoms with van der Waals surface area (Å²) >= 11 is 0. The molecule has 0 aliphatic carbocycles. The van der Waals surface area contributed by atoms with Crippen LogP contribution in [0.3, 0.4) is 0 Å². The summed E-state index contributed by atoms with van der Waals surface area (Å²) in [6.07, 6.45) is 7.16. The predicted octanol–water partition coefficient (Wildman–Crippen LogP) is 2.43. The summed E-state index contributed by atoms with van der Waals surface area (Å²) in [5.74, 6) is 0.773. The molecular formula is C16H32N2O2. The molecule has 0 saturated carbocycles. The number of nitrogens with zero attached hydrogens (tertiary/aromatic N) is 1. The molecule has 1 N–H and O–H groups in total. The van der Waals surface area contributed by atoms with Crippen molar-refractivity contribution in [1.29, 1.82) is 0 Å². The molecule has 1 saturated heterocycles. The second-order valence-electron chi connectivity index (χ2n) is 5.87. The third-order valence-electron chi connectivity index (χ3n) is 4.38. The number of carbonyl (C=O) groups is 1. The van der Waals surface area contributed by atoms with Gasteiger partial charge >= 0.3 is 5.97 Å². The van der Waals surface area contributed by atoms with Crippen LogP contribution in [0.25, 0.3) is 0 Å². The Balaban J connectivity index is 2.35. The Kier molecular flexibility index (Phi) is 8.86. The van der Waals surface area contributed by atoms with E-state index in [-0.39, 0.29) is 12.0 Å². The van der Waals surface area contributed by atoms with Gasteiger partial charge < -0.3 is 15.0 Å². The number of hydrogen-bond acceptors (Lipinski definition) is 4. The maximum atomic E-state index is 11.8. The normalized spacial score (nSPS) is 22.2. The van der Waals surface area contributed by atoms with Crippen LogP contribution in [0.1, 0.15) is 52.4 Å². The minimum Gasteiger partial charge on any atom is -0.468 e. The molecule has 2 unspecified atom stereocenters. The maximum absolute atomic E-state index is 11.8. The third kappa shape index (κ3) is 6.23. The Morgan fingerprint density at radius 1 is 1.35 bits per heavy atom. The molecule has 2 atom stereocenters. The highest BCUT2D eigenvalue weighted by Crippen LogP contribution is 2.20. The van der Waals surface area contributed by atoms with Crippen LogP contribution >= 0.6 is 0 Å². The summed E-state index contributed by atoms with van der Waals surface area (Å²) in [7, 11) is 1.47. The van der Waals surface area contributed by atoms with E-state index in [9.17, 15) is 4.79 Å². The van der Waals surface area contributed by atoms with Gasteiger partial charge in [0.25, 0.3) is 0 Å². The van der Waals surface area contributed by atoms with Crippen molar-refractivity contribution in [3.63, 3.8) is 0 Å². The Morgan fingerprint density at radius 3 is 2.80 bits per heavy atom. The van der Waals surface area contributed by atoms with E-state index in [0.29, 0.717) is 0 Å². The van der Waals surface area contributed by atoms with Crippen molar-refractivity contribution >= 4 is 5.97 Å². The van der Waals surface area contributed by atoms with E-state index in [1.807, 2.05) is 0 Å². The third-order valence-corrected chi connectivity index (χ3v) is 4.38. The van der Waals surface area contributed by atoms with Gasteiger partial charge in [0.05, 0.1) is 7.11 Å². The lowest BCUT2D eigenvalue weighted by Gasteiger charge is -2.23. The number of carbonyl (C=O) groups excluding carboxylic acids is 1. The largest absolute Gasteiger partial charge is 0.468 e. The van der Waals surface area contributed by atoms with E-state index in [2.05, 4.69) is 24.1 Å². The molecule has 0 aromatic rings. The van der Waals surface area contributed by atoms with E-state index in [0.717, 1.165) is 31.8 Å². The van der Waals surface area contributed by atoms with Gasteiger partial charge in [-0.3, -0.25) is 4.79 Å². The molecule has 1 aliphatic heterocycles. The summed E-state index contributed by atoms with van der Waals surface area (Å²) in [5, 5.41) is 3.29. The van der Waals surface area contributed by atoms with Gasteiger partial charge in [0, 0.05) is 6.54 Å². The Bertz CT molecular complexity index is 271. The summed E-state index contributed by atoms with van der Waals surface area (Å²) in [6.45, 7) is 8.63. The number of ether oxygens (including phenoxy) is 1. The SMILES string of the molecule is CCCNC(CCN1CCCC(CC)CC1)C(=O)OC. The van der Waals surface area contributed by atoms with Crippen LogP contribution in [-0.2, 0) is 9.53 Å². The Hall–Kier alpha value is -0.610. The summed E-state index contributed by atoms with van der Waals surface area (Å²) in [5.41, 5.74) is 0. The van der Waals surface area contributed by atoms with Crippen LogP contribution in [0.15, 0.2) is 0 Å². The molecule has 0 aromatic carbocycles. The van der Waals surface area contributed by atoms with E-state index in [1.165, 1.54) is 45.9 Å². The molecule has 1 fully saturated rings. The van der Waals surface area contributed by atoms with Crippen molar-refractivity contribution in [2.24, 2.45) is 5.92 Å². The fourth-order valence-electron chi connectivity index (χ4n) is 2.93. The van der Waals surface area contributed by atoms with E-state index < -0.39 is 0 Å². The molecule has 4 heteroatoms. The Labute approximate surface area is 124 Å². The molecule has 0 radical (unpaired) electrons. The van der Waals surface area contributed by atoms with Gasteiger partial charge in [-0.2, -0.15) is 0 Å². The van der Waals surface area contributed by atoms with Gasteiger partial charge in [0.15, 0.2) is 0 Å². The average molecular weight is 284 g/mol. The highest BCUT2D eigenvalue weighted by atomic mass is 16.5. The van der Waals surface area contributed by atoms with Crippen LogP contribution in [0.4, 0.5) is 0 Å². The van der Waals surface area contributed by atoms with Crippen molar-refractivity contribution in [3.8, 4) is 0 Å². The number of methoxy groups -OCH3 is 1. The first-order chi connectivity index (χ1) is 9.71. The molecule has 20 heavy (non-hydrogen) atoms. The van der Waals surface area contributed by atoms with Crippen molar-refractivity contribution in [2.75, 3.05) is 33.3 Å². The van der Waals surface area contributed by atoms with Crippen molar-refractivity contribution < 1.29 is 9.53 Å². The average Bonchev–Trinajstić information content (AvgIpc) is 2.71. The topological polar surface area (TPSA) is 41.6 Å². The van der Waals surface area contributed by atoms with Crippen LogP contribution < -0.4 is 5.32 Å². The molecule has 0 aromatic heterocycles. The lowest BCUT2D eigenvalue weighted by atomic mass is 9.98. The lowest BCUT2D eigenvalue weighted by molar-refractivity contribution is -0.143. The van der Waals surface area contributed by atoms with Gasteiger partial charge in [0.1, 0.15) is 6.04 Å². The first-order valence-electron chi connectivity index (χ1n) is 8.24. The van der Waals surface area contributed by atoms with Crippen LogP contribution in [0, 0.1) is 5.92 Å². The molecule has 0 amide bonds. The van der Waals surface area contributed by atoms with Crippen molar-refractivity contribution in [1.82, 2.24) is 10.2 Å². The standard InChI is InChI=1S/C16H32N2O2/c1-4-10-17-15(16(19)20-3)9-13-18-11-6-7-14(5-2)8-12-18/h14-15,17H,4-13H2,1-3H3. The second-order valence-corrected chi connectivity index (χ2v) is 5.87. The first kappa shape index (κ1) is 17.4. The van der Waals surface area contributed by atoms with Crippen molar-refractivity contribution in [2.45, 2.75) is 58.4 Å². The Morgan fingerprint density at radius 2 is 2.15 bits per heavy atom. The molecule has 0 spiro atoms. The fourth-order valence-corrected chi connectivity index (χ4v) is 2.93. The highest BCUT2D eigenvalue weighted by molar-refractivity contribution is 5.75. The number of rotatable bonds is 8. The quantitative estimate of drug-likeness (QED) is 0.695. The van der Waals surface area contributed by atoms with Gasteiger partial charge in [-0.15, -0.1) is 0 Å². The number of nitrogens with one attached hydrogen (secondary N) is 1. The number of esters is 1. The van der Waals surface area contributed by atoms with Gasteiger partial charge in [0.2, 0.25) is 0 Å². The van der Waals surface area contributed by atoms with Crippen molar-refractivity contribution in [3.05, 3.63) is 0 Å². The molecule has 1 rings (SSSR count). The van der Waals surface area contributed by atoms with Gasteiger partial charge in [-0.05, 0) is 57.7 Å². The molecular weight excluding hydrogens is 252 g/mol. The minimum absolute atomic E-state index is 0.125. The summed E-state index contributed by atoms with van der Waals surface area (Å²) in [4.78, 5) is 14.3. The number of hydrogen-bond donors (Lipinski definition) is 1. The maximum Gasteiger partial charge on any atom is 0.322 e. The van der Waals surface area contributed by atoms with Gasteiger partial charge in [-0.25, -0.2) is 0 Å². The molecule has 1 aliphatic rings. The molecule has 0 bridgehead atoms. The molecule has 118 valence electrons. The smallest absolute Gasteiger partial charge is 0.322 e. The monoisotopic (exact) mass is 284 g/mol. The molecule has 1 heterocycles. The van der Waals surface area contributed by atoms with E-state index in [4.69, 9.17) is 4.74 Å². The van der Waals surface area contributed by atoms with Gasteiger partial charge in [-0.1, -0.05) is 20.3 Å². The number of likely N-dealkylation sites (tertiary alicyclic amines) is 1. The summed E-state index contributed by atoms with van der Waals surface area (Å²) < 4.78 is 4.89. The minimum atomic E-state index is -0.148. The predicted molar refractivity (Wildman–Crippen MR) is 82.8 cm³/mol. The van der Waals surface area contributed by atoms with E-state index in [1.54, 1.807) is 0 Å². The first-order valence-corrected chi connectivity index (χ1v) is 8.24. The zero-order chi connectivity index (χ0) is 14.8. The summed E-state index contributed by atoms with van der Waals surface area (Å²) in [6, 6.07) is -0.148. The highest BCUT2D eigenvalue weighted by Gasteiger charge is 2.21. The second kappa shape index (κ2) is 10.2. The fraction of sp³-hybridized carbons (Fsp3) is 0.938. The zero-order valence-electron chi connectivity index (χ0n) is 13.5. The zero-order valence-corrected chi connectivity index (χ0v) is 13.5. The lowest BCUT2D eigenvalue weighted by Crippen LogP contribution is -2.41. The molecule has 4 nitrogen and oxygen atoms in total. The van der Waals surface area contributed by atoms with Crippen LogP contribution in [0.2, 0.25) is 0 Å². The van der Waals surface area contributed by atoms with E-state index >= 15 is 0 Å².